The Labute approximate surface area is 153 Å². The van der Waals surface area contributed by atoms with Gasteiger partial charge in [-0.2, -0.15) is 0 Å². The van der Waals surface area contributed by atoms with Crippen LogP contribution in [-0.4, -0.2) is 27.5 Å². The van der Waals surface area contributed by atoms with Crippen molar-refractivity contribution >= 4 is 46.3 Å². The minimum Gasteiger partial charge on any atom is -0.282 e. The van der Waals surface area contributed by atoms with Gasteiger partial charge < -0.3 is 0 Å². The van der Waals surface area contributed by atoms with Crippen LogP contribution in [0.1, 0.15) is 5.56 Å². The van der Waals surface area contributed by atoms with Crippen molar-refractivity contribution in [3.63, 3.8) is 0 Å². The molecule has 1 aromatic heterocycles. The summed E-state index contributed by atoms with van der Waals surface area (Å²) in [5, 5.41) is 0.702. The minimum atomic E-state index is -0.487. The molecule has 1 aliphatic heterocycles. The van der Waals surface area contributed by atoms with Crippen LogP contribution < -0.4 is 0 Å². The molecule has 0 radical (unpaired) electrons. The highest BCUT2D eigenvalue weighted by Gasteiger charge is 2.33. The summed E-state index contributed by atoms with van der Waals surface area (Å²) < 4.78 is 14.0. The third-order valence-corrected chi connectivity index (χ3v) is 4.67. The van der Waals surface area contributed by atoms with E-state index in [0.717, 1.165) is 11.8 Å². The summed E-state index contributed by atoms with van der Waals surface area (Å²) >= 11 is 7.19. The van der Waals surface area contributed by atoms with Gasteiger partial charge in [0.2, 0.25) is 0 Å². The van der Waals surface area contributed by atoms with Crippen LogP contribution >= 0.6 is 23.4 Å². The number of carbonyl (C=O) groups is 1. The Morgan fingerprint density at radius 1 is 1.32 bits per heavy atom. The summed E-state index contributed by atoms with van der Waals surface area (Å²) in [4.78, 5) is 23.0. The Hall–Kier alpha value is -2.44. The predicted molar refractivity (Wildman–Crippen MR) is 100 cm³/mol. The van der Waals surface area contributed by atoms with Crippen LogP contribution in [0.15, 0.2) is 65.1 Å². The third-order valence-electron chi connectivity index (χ3n) is 3.33. The van der Waals surface area contributed by atoms with E-state index in [4.69, 9.17) is 11.6 Å². The smallest absolute Gasteiger partial charge is 0.267 e. The highest BCUT2D eigenvalue weighted by Crippen LogP contribution is 2.35. The quantitative estimate of drug-likeness (QED) is 0.578. The molecular formula is C18H13ClFN3OS. The number of hydrogen-bond acceptors (Lipinski definition) is 4. The zero-order valence-corrected chi connectivity index (χ0v) is 14.6. The first-order valence-electron chi connectivity index (χ1n) is 7.36. The highest BCUT2D eigenvalue weighted by atomic mass is 35.5. The molecule has 0 atom stereocenters. The highest BCUT2D eigenvalue weighted by molar-refractivity contribution is 8.18. The Morgan fingerprint density at radius 3 is 2.84 bits per heavy atom. The van der Waals surface area contributed by atoms with E-state index in [1.807, 2.05) is 6.07 Å². The number of amidine groups is 1. The number of amides is 1. The lowest BCUT2D eigenvalue weighted by Gasteiger charge is -2.12. The summed E-state index contributed by atoms with van der Waals surface area (Å²) in [7, 11) is 0. The van der Waals surface area contributed by atoms with Gasteiger partial charge in [-0.25, -0.2) is 14.4 Å². The van der Waals surface area contributed by atoms with E-state index >= 15 is 0 Å². The predicted octanol–water partition coefficient (Wildman–Crippen LogP) is 4.66. The Bertz CT molecular complexity index is 863. The summed E-state index contributed by atoms with van der Waals surface area (Å²) in [6.45, 7) is 3.95. The molecule has 0 N–H and O–H groups in total. The first kappa shape index (κ1) is 17.4. The van der Waals surface area contributed by atoms with Crippen molar-refractivity contribution < 1.29 is 9.18 Å². The zero-order chi connectivity index (χ0) is 17.8. The molecule has 0 spiro atoms. The number of pyridine rings is 1. The second-order valence-corrected chi connectivity index (χ2v) is 6.45. The van der Waals surface area contributed by atoms with E-state index in [1.165, 1.54) is 23.1 Å². The molecule has 3 rings (SSSR count). The van der Waals surface area contributed by atoms with Crippen LogP contribution in [0.4, 0.5) is 10.2 Å². The van der Waals surface area contributed by atoms with Crippen LogP contribution in [0.25, 0.3) is 6.08 Å². The van der Waals surface area contributed by atoms with Gasteiger partial charge in [0, 0.05) is 18.3 Å². The number of nitrogens with zero attached hydrogens (tertiary/aromatic N) is 3. The number of carbonyl (C=O) groups excluding carboxylic acids is 1. The minimum absolute atomic E-state index is 0.178. The van der Waals surface area contributed by atoms with Gasteiger partial charge in [0.1, 0.15) is 5.82 Å². The number of thioether (sulfide) groups is 1. The fourth-order valence-electron chi connectivity index (χ4n) is 2.18. The standard InChI is InChI=1S/C18H13ClFN3OS/c1-2-10-23-17(24)15(11-12-13(19)6-5-7-14(12)20)25-18(23)22-16-8-3-4-9-21-16/h2-9,11H,1,10H2/b15-11-,22-18+. The Morgan fingerprint density at radius 2 is 2.16 bits per heavy atom. The van der Waals surface area contributed by atoms with E-state index in [0.29, 0.717) is 22.4 Å². The number of hydrogen-bond donors (Lipinski definition) is 0. The molecule has 1 aliphatic rings. The fourth-order valence-corrected chi connectivity index (χ4v) is 3.37. The molecule has 1 amide bonds. The lowest BCUT2D eigenvalue weighted by atomic mass is 10.2. The SMILES string of the molecule is C=CCN1C(=O)/C(=C/c2c(F)cccc2Cl)S/C1=N/c1ccccn1. The fraction of sp³-hybridized carbons (Fsp3) is 0.0556. The molecule has 0 bridgehead atoms. The molecule has 126 valence electrons. The summed E-state index contributed by atoms with van der Waals surface area (Å²) in [6.07, 6.45) is 4.67. The first-order valence-corrected chi connectivity index (χ1v) is 8.55. The van der Waals surface area contributed by atoms with E-state index in [-0.39, 0.29) is 16.5 Å². The van der Waals surface area contributed by atoms with Crippen molar-refractivity contribution in [1.82, 2.24) is 9.88 Å². The van der Waals surface area contributed by atoms with E-state index < -0.39 is 5.82 Å². The maximum atomic E-state index is 14.0. The third kappa shape index (κ3) is 3.81. The number of benzene rings is 1. The van der Waals surface area contributed by atoms with Gasteiger partial charge in [0.05, 0.1) is 9.93 Å². The molecule has 1 saturated heterocycles. The van der Waals surface area contributed by atoms with Gasteiger partial charge in [-0.1, -0.05) is 29.8 Å². The number of rotatable bonds is 4. The van der Waals surface area contributed by atoms with Crippen LogP contribution in [0, 0.1) is 5.82 Å². The molecule has 4 nitrogen and oxygen atoms in total. The molecular weight excluding hydrogens is 361 g/mol. The van der Waals surface area contributed by atoms with Gasteiger partial charge in [-0.15, -0.1) is 6.58 Å². The van der Waals surface area contributed by atoms with Crippen LogP contribution in [0.2, 0.25) is 5.02 Å². The van der Waals surface area contributed by atoms with Gasteiger partial charge in [-0.05, 0) is 42.1 Å². The van der Waals surface area contributed by atoms with Gasteiger partial charge in [-0.3, -0.25) is 9.69 Å². The van der Waals surface area contributed by atoms with Crippen molar-refractivity contribution in [1.29, 1.82) is 0 Å². The lowest BCUT2D eigenvalue weighted by Crippen LogP contribution is -2.29. The van der Waals surface area contributed by atoms with E-state index in [9.17, 15) is 9.18 Å². The molecule has 25 heavy (non-hydrogen) atoms. The molecule has 2 heterocycles. The van der Waals surface area contributed by atoms with Crippen molar-refractivity contribution in [2.45, 2.75) is 0 Å². The van der Waals surface area contributed by atoms with E-state index in [2.05, 4.69) is 16.6 Å². The van der Waals surface area contributed by atoms with Crippen LogP contribution in [0.3, 0.4) is 0 Å². The van der Waals surface area contributed by atoms with Crippen LogP contribution in [0.5, 0.6) is 0 Å². The van der Waals surface area contributed by atoms with Crippen molar-refractivity contribution in [2.75, 3.05) is 6.54 Å². The molecule has 0 saturated carbocycles. The van der Waals surface area contributed by atoms with E-state index in [1.54, 1.807) is 30.5 Å². The summed E-state index contributed by atoms with van der Waals surface area (Å²) in [5.41, 5.74) is 0.178. The zero-order valence-electron chi connectivity index (χ0n) is 13.0. The molecule has 0 unspecified atom stereocenters. The van der Waals surface area contributed by atoms with Gasteiger partial charge in [0.15, 0.2) is 11.0 Å². The largest absolute Gasteiger partial charge is 0.282 e. The second kappa shape index (κ2) is 7.63. The average Bonchev–Trinajstić information content (AvgIpc) is 2.88. The normalized spacial score (nSPS) is 17.5. The number of aliphatic imine (C=N–C) groups is 1. The second-order valence-electron chi connectivity index (χ2n) is 5.03. The topological polar surface area (TPSA) is 45.6 Å². The molecule has 1 aromatic carbocycles. The van der Waals surface area contributed by atoms with Crippen LogP contribution in [-0.2, 0) is 4.79 Å². The summed E-state index contributed by atoms with van der Waals surface area (Å²) in [6, 6.07) is 9.71. The lowest BCUT2D eigenvalue weighted by molar-refractivity contribution is -0.121. The molecule has 2 aromatic rings. The summed E-state index contributed by atoms with van der Waals surface area (Å²) in [5.74, 6) is -0.283. The monoisotopic (exact) mass is 373 g/mol. The Balaban J connectivity index is 2.00. The number of aromatic nitrogens is 1. The molecule has 0 aliphatic carbocycles. The van der Waals surface area contributed by atoms with Gasteiger partial charge in [0.25, 0.3) is 5.91 Å². The van der Waals surface area contributed by atoms with Crippen molar-refractivity contribution in [3.05, 3.63) is 76.6 Å². The average molecular weight is 374 g/mol. The maximum absolute atomic E-state index is 14.0. The maximum Gasteiger partial charge on any atom is 0.267 e. The number of halogens is 2. The van der Waals surface area contributed by atoms with Gasteiger partial charge >= 0.3 is 0 Å². The first-order chi connectivity index (χ1) is 12.1. The van der Waals surface area contributed by atoms with Crippen molar-refractivity contribution in [3.8, 4) is 0 Å². The van der Waals surface area contributed by atoms with Crippen molar-refractivity contribution in [2.24, 2.45) is 4.99 Å². The molecule has 1 fully saturated rings. The molecule has 7 heteroatoms. The Kier molecular flexibility index (Phi) is 5.31.